The topological polar surface area (TPSA) is 174 Å². The smallest absolute Gasteiger partial charge is 0.255 e. The SMILES string of the molecule is CN(C)[C@@H]1C(=O)C(C(N)=O)=C(O)[C@@]2(O)C(=O)C3=C(O)c4c(O)ccc(-c5cc(Br)ccn5)c4C[C@H]3C[C@@H]12. The first-order valence-corrected chi connectivity index (χ1v) is 12.3. The van der Waals surface area contributed by atoms with Gasteiger partial charge in [0.2, 0.25) is 5.78 Å². The first-order valence-electron chi connectivity index (χ1n) is 11.5. The van der Waals surface area contributed by atoms with E-state index in [0.29, 0.717) is 16.8 Å². The quantitative estimate of drug-likeness (QED) is 0.345. The molecule has 1 heterocycles. The van der Waals surface area contributed by atoms with Gasteiger partial charge >= 0.3 is 0 Å². The fraction of sp³-hybridized carbons (Fsp3) is 0.308. The zero-order chi connectivity index (χ0) is 27.0. The number of rotatable bonds is 3. The van der Waals surface area contributed by atoms with Gasteiger partial charge in [-0.1, -0.05) is 15.9 Å². The average molecular weight is 570 g/mol. The number of amides is 1. The molecule has 1 amide bonds. The molecule has 5 rings (SSSR count). The highest BCUT2D eigenvalue weighted by atomic mass is 79.9. The second-order valence-electron chi connectivity index (χ2n) is 9.81. The predicted octanol–water partition coefficient (Wildman–Crippen LogP) is 1.79. The molecule has 1 saturated carbocycles. The number of phenolic OH excluding ortho intramolecular Hbond substituents is 1. The van der Waals surface area contributed by atoms with E-state index in [1.54, 1.807) is 38.5 Å². The number of fused-ring (bicyclic) bond motifs is 3. The van der Waals surface area contributed by atoms with Crippen LogP contribution in [0.3, 0.4) is 0 Å². The van der Waals surface area contributed by atoms with E-state index in [2.05, 4.69) is 20.9 Å². The number of aliphatic hydroxyl groups is 3. The van der Waals surface area contributed by atoms with E-state index < -0.39 is 58.0 Å². The summed E-state index contributed by atoms with van der Waals surface area (Å²) in [5.41, 5.74) is 3.43. The van der Waals surface area contributed by atoms with Crippen molar-refractivity contribution >= 4 is 39.2 Å². The number of carbonyl (C=O) groups is 3. The largest absolute Gasteiger partial charge is 0.508 e. The van der Waals surface area contributed by atoms with Crippen molar-refractivity contribution < 1.29 is 34.8 Å². The van der Waals surface area contributed by atoms with Crippen molar-refractivity contribution in [2.24, 2.45) is 17.6 Å². The lowest BCUT2D eigenvalue weighted by Gasteiger charge is -2.50. The molecule has 3 aliphatic rings. The van der Waals surface area contributed by atoms with Gasteiger partial charge in [-0.25, -0.2) is 0 Å². The zero-order valence-electron chi connectivity index (χ0n) is 19.9. The molecule has 6 N–H and O–H groups in total. The lowest BCUT2D eigenvalue weighted by atomic mass is 9.57. The molecule has 3 aliphatic carbocycles. The highest BCUT2D eigenvalue weighted by Crippen LogP contribution is 2.53. The van der Waals surface area contributed by atoms with Crippen LogP contribution in [0.2, 0.25) is 0 Å². The number of halogens is 1. The number of Topliss-reactive ketones (excluding diaryl/α,β-unsaturated/α-hetero) is 2. The molecule has 4 atom stereocenters. The summed E-state index contributed by atoms with van der Waals surface area (Å²) in [6.07, 6.45) is 1.81. The Bertz CT molecular complexity index is 1460. The Kier molecular flexibility index (Phi) is 5.78. The number of nitrogens with zero attached hydrogens (tertiary/aromatic N) is 2. The third kappa shape index (κ3) is 3.45. The molecule has 37 heavy (non-hydrogen) atoms. The second kappa shape index (κ2) is 8.51. The van der Waals surface area contributed by atoms with E-state index in [9.17, 15) is 34.8 Å². The molecule has 11 heteroatoms. The summed E-state index contributed by atoms with van der Waals surface area (Å²) >= 11 is 3.42. The molecule has 0 bridgehead atoms. The molecule has 0 saturated heterocycles. The van der Waals surface area contributed by atoms with E-state index in [1.807, 2.05) is 0 Å². The number of benzene rings is 1. The van der Waals surface area contributed by atoms with Crippen molar-refractivity contribution in [2.45, 2.75) is 24.5 Å². The number of aromatic nitrogens is 1. The summed E-state index contributed by atoms with van der Waals surface area (Å²) in [6, 6.07) is 5.45. The van der Waals surface area contributed by atoms with Crippen molar-refractivity contribution in [3.63, 3.8) is 0 Å². The minimum atomic E-state index is -2.66. The number of ketones is 2. The minimum Gasteiger partial charge on any atom is -0.508 e. The standard InChI is InChI=1S/C26H24BrN3O7/c1-30(2)20-14-8-10-7-13-12(15-9-11(27)5-6-29-15)3-4-16(31)18(13)21(32)17(10)23(34)26(14,37)24(35)19(22(20)33)25(28)36/h3-6,9-10,14,20,31-32,35,37H,7-8H2,1-2H3,(H2,28,36)/t10-,14-,20-,26-/m0/s1. The summed E-state index contributed by atoms with van der Waals surface area (Å²) in [5.74, 6) is -6.81. The highest BCUT2D eigenvalue weighted by Gasteiger charge is 2.64. The molecule has 1 fully saturated rings. The number of aromatic hydroxyl groups is 1. The third-order valence-electron chi connectivity index (χ3n) is 7.60. The van der Waals surface area contributed by atoms with Crippen LogP contribution in [0.5, 0.6) is 5.75 Å². The number of hydrogen-bond donors (Lipinski definition) is 5. The van der Waals surface area contributed by atoms with Crippen LogP contribution in [0.15, 0.2) is 51.8 Å². The predicted molar refractivity (Wildman–Crippen MR) is 135 cm³/mol. The van der Waals surface area contributed by atoms with Gasteiger partial charge in [0, 0.05) is 27.7 Å². The average Bonchev–Trinajstić information content (AvgIpc) is 2.81. The lowest BCUT2D eigenvalue weighted by Crippen LogP contribution is -2.65. The van der Waals surface area contributed by atoms with Crippen molar-refractivity contribution in [2.75, 3.05) is 14.1 Å². The summed E-state index contributed by atoms with van der Waals surface area (Å²) in [4.78, 5) is 44.9. The Balaban J connectivity index is 1.75. The Morgan fingerprint density at radius 3 is 2.51 bits per heavy atom. The fourth-order valence-electron chi connectivity index (χ4n) is 6.04. The molecule has 2 aromatic rings. The van der Waals surface area contributed by atoms with Gasteiger partial charge < -0.3 is 26.2 Å². The van der Waals surface area contributed by atoms with Gasteiger partial charge in [0.25, 0.3) is 5.91 Å². The van der Waals surface area contributed by atoms with Crippen LogP contribution >= 0.6 is 15.9 Å². The molecule has 1 aromatic heterocycles. The summed E-state index contributed by atoms with van der Waals surface area (Å²) in [6.45, 7) is 0. The molecule has 0 spiro atoms. The van der Waals surface area contributed by atoms with Gasteiger partial charge in [-0.05, 0) is 62.7 Å². The van der Waals surface area contributed by atoms with E-state index >= 15 is 0 Å². The van der Waals surface area contributed by atoms with Gasteiger partial charge in [-0.15, -0.1) is 0 Å². The molecular formula is C26H24BrN3O7. The van der Waals surface area contributed by atoms with Crippen LogP contribution in [-0.2, 0) is 20.8 Å². The second-order valence-corrected chi connectivity index (χ2v) is 10.7. The van der Waals surface area contributed by atoms with E-state index in [-0.39, 0.29) is 29.7 Å². The number of hydrogen-bond acceptors (Lipinski definition) is 9. The van der Waals surface area contributed by atoms with Crippen LogP contribution < -0.4 is 5.73 Å². The first-order chi connectivity index (χ1) is 17.4. The van der Waals surface area contributed by atoms with Crippen LogP contribution in [0, 0.1) is 11.8 Å². The van der Waals surface area contributed by atoms with Gasteiger partial charge in [-0.3, -0.25) is 24.3 Å². The number of nitrogens with two attached hydrogens (primary N) is 1. The maximum atomic E-state index is 13.9. The van der Waals surface area contributed by atoms with Gasteiger partial charge in [0.05, 0.1) is 17.3 Å². The van der Waals surface area contributed by atoms with Gasteiger partial charge in [-0.2, -0.15) is 0 Å². The normalized spacial score (nSPS) is 27.2. The number of aliphatic hydroxyl groups excluding tert-OH is 2. The van der Waals surface area contributed by atoms with E-state index in [4.69, 9.17) is 5.73 Å². The van der Waals surface area contributed by atoms with Crippen molar-refractivity contribution in [1.29, 1.82) is 0 Å². The number of likely N-dealkylation sites (N-methyl/N-ethyl adjacent to an activating group) is 1. The monoisotopic (exact) mass is 569 g/mol. The Morgan fingerprint density at radius 1 is 1.19 bits per heavy atom. The summed E-state index contributed by atoms with van der Waals surface area (Å²) < 4.78 is 0.774. The van der Waals surface area contributed by atoms with Crippen molar-refractivity contribution in [3.05, 3.63) is 63.0 Å². The third-order valence-corrected chi connectivity index (χ3v) is 8.10. The Morgan fingerprint density at radius 2 is 1.89 bits per heavy atom. The van der Waals surface area contributed by atoms with Crippen LogP contribution in [0.1, 0.15) is 17.5 Å². The maximum absolute atomic E-state index is 13.9. The molecule has 0 unspecified atom stereocenters. The molecule has 0 aliphatic heterocycles. The van der Waals surface area contributed by atoms with E-state index in [0.717, 1.165) is 4.47 Å². The van der Waals surface area contributed by atoms with Gasteiger partial charge in [0.1, 0.15) is 22.8 Å². The number of primary amides is 1. The fourth-order valence-corrected chi connectivity index (χ4v) is 6.37. The molecule has 0 radical (unpaired) electrons. The number of carbonyl (C=O) groups excluding carboxylic acids is 3. The van der Waals surface area contributed by atoms with Crippen LogP contribution in [-0.4, -0.2) is 73.5 Å². The minimum absolute atomic E-state index is 0.0206. The molecule has 192 valence electrons. The van der Waals surface area contributed by atoms with Crippen LogP contribution in [0.4, 0.5) is 0 Å². The van der Waals surface area contributed by atoms with Crippen LogP contribution in [0.25, 0.3) is 17.0 Å². The van der Waals surface area contributed by atoms with Gasteiger partial charge in [0.15, 0.2) is 11.4 Å². The number of pyridine rings is 1. The maximum Gasteiger partial charge on any atom is 0.255 e. The Hall–Kier alpha value is -3.54. The lowest BCUT2D eigenvalue weighted by molar-refractivity contribution is -0.153. The van der Waals surface area contributed by atoms with Crippen molar-refractivity contribution in [3.8, 4) is 17.0 Å². The zero-order valence-corrected chi connectivity index (χ0v) is 21.5. The van der Waals surface area contributed by atoms with Crippen molar-refractivity contribution in [1.82, 2.24) is 9.88 Å². The summed E-state index contributed by atoms with van der Waals surface area (Å²) in [5, 5.41) is 44.5. The number of phenols is 1. The molecular weight excluding hydrogens is 546 g/mol. The Labute approximate surface area is 219 Å². The molecule has 1 aromatic carbocycles. The molecule has 10 nitrogen and oxygen atoms in total. The summed E-state index contributed by atoms with van der Waals surface area (Å²) in [7, 11) is 3.12. The van der Waals surface area contributed by atoms with E-state index in [1.165, 1.54) is 11.0 Å². The highest BCUT2D eigenvalue weighted by molar-refractivity contribution is 9.10. The first kappa shape index (κ1) is 25.1.